The zero-order valence-corrected chi connectivity index (χ0v) is 12.7. The molecular weight excluding hydrogens is 208 g/mol. The van der Waals surface area contributed by atoms with E-state index in [1.54, 1.807) is 0 Å². The Morgan fingerprint density at radius 1 is 1.29 bits per heavy atom. The highest BCUT2D eigenvalue weighted by atomic mass is 15.2. The summed E-state index contributed by atoms with van der Waals surface area (Å²) in [6.07, 6.45) is 3.92. The molecule has 0 aliphatic heterocycles. The van der Waals surface area contributed by atoms with Crippen LogP contribution >= 0.6 is 0 Å². The van der Waals surface area contributed by atoms with Gasteiger partial charge in [-0.1, -0.05) is 27.7 Å². The number of nitrogens with two attached hydrogens (primary N) is 1. The monoisotopic (exact) mass is 240 g/mol. The summed E-state index contributed by atoms with van der Waals surface area (Å²) in [5.74, 6) is 2.27. The Balaban J connectivity index is 2.87. The van der Waals surface area contributed by atoms with Crippen LogP contribution in [-0.2, 0) is 0 Å². The molecule has 0 amide bonds. The molecule has 0 aromatic heterocycles. The van der Waals surface area contributed by atoms with Crippen LogP contribution < -0.4 is 5.73 Å². The van der Waals surface area contributed by atoms with Gasteiger partial charge in [0.05, 0.1) is 0 Å². The third-order valence-corrected chi connectivity index (χ3v) is 5.37. The molecule has 4 atom stereocenters. The number of hydrogen-bond acceptors (Lipinski definition) is 2. The molecule has 0 aromatic rings. The third-order valence-electron chi connectivity index (χ3n) is 5.37. The van der Waals surface area contributed by atoms with Gasteiger partial charge in [-0.15, -0.1) is 0 Å². The highest BCUT2D eigenvalue weighted by Crippen LogP contribution is 2.41. The average Bonchev–Trinajstić information content (AvgIpc) is 2.28. The van der Waals surface area contributed by atoms with E-state index in [2.05, 4.69) is 46.6 Å². The summed E-state index contributed by atoms with van der Waals surface area (Å²) < 4.78 is 0. The molecule has 1 saturated carbocycles. The van der Waals surface area contributed by atoms with Gasteiger partial charge in [0, 0.05) is 18.1 Å². The van der Waals surface area contributed by atoms with Crippen LogP contribution in [0.15, 0.2) is 0 Å². The first-order valence-corrected chi connectivity index (χ1v) is 7.28. The Kier molecular flexibility index (Phi) is 5.03. The van der Waals surface area contributed by atoms with Gasteiger partial charge in [-0.25, -0.2) is 0 Å². The second kappa shape index (κ2) is 5.71. The highest BCUT2D eigenvalue weighted by molar-refractivity contribution is 5.00. The molecule has 17 heavy (non-hydrogen) atoms. The van der Waals surface area contributed by atoms with Crippen molar-refractivity contribution < 1.29 is 0 Å². The molecule has 1 rings (SSSR count). The zero-order valence-electron chi connectivity index (χ0n) is 12.7. The van der Waals surface area contributed by atoms with Crippen molar-refractivity contribution in [2.24, 2.45) is 23.5 Å². The van der Waals surface area contributed by atoms with Crippen molar-refractivity contribution in [2.45, 2.75) is 65.5 Å². The lowest BCUT2D eigenvalue weighted by atomic mass is 9.68. The summed E-state index contributed by atoms with van der Waals surface area (Å²) in [7, 11) is 2.28. The molecular formula is C15H32N2. The highest BCUT2D eigenvalue weighted by Gasteiger charge is 2.43. The summed E-state index contributed by atoms with van der Waals surface area (Å²) >= 11 is 0. The molecule has 0 aromatic carbocycles. The first-order chi connectivity index (χ1) is 7.85. The fourth-order valence-electron chi connectivity index (χ4n) is 3.51. The summed E-state index contributed by atoms with van der Waals surface area (Å²) in [5, 5.41) is 0. The van der Waals surface area contributed by atoms with Crippen molar-refractivity contribution in [3.8, 4) is 0 Å². The smallest absolute Gasteiger partial charge is 0.0357 e. The second-order valence-electron chi connectivity index (χ2n) is 6.68. The lowest BCUT2D eigenvalue weighted by Gasteiger charge is -2.53. The topological polar surface area (TPSA) is 29.3 Å². The molecule has 2 nitrogen and oxygen atoms in total. The van der Waals surface area contributed by atoms with Crippen LogP contribution in [0.2, 0.25) is 0 Å². The predicted octanol–water partition coefficient (Wildman–Crippen LogP) is 3.12. The van der Waals surface area contributed by atoms with E-state index < -0.39 is 0 Å². The van der Waals surface area contributed by atoms with Gasteiger partial charge in [-0.2, -0.15) is 0 Å². The van der Waals surface area contributed by atoms with Gasteiger partial charge in [0.2, 0.25) is 0 Å². The van der Waals surface area contributed by atoms with Crippen LogP contribution in [0.5, 0.6) is 0 Å². The van der Waals surface area contributed by atoms with Crippen molar-refractivity contribution in [3.05, 3.63) is 0 Å². The Labute approximate surface area is 108 Å². The van der Waals surface area contributed by atoms with Crippen LogP contribution in [0.25, 0.3) is 0 Å². The average molecular weight is 240 g/mol. The van der Waals surface area contributed by atoms with Gasteiger partial charge in [-0.3, -0.25) is 4.90 Å². The molecule has 4 unspecified atom stereocenters. The van der Waals surface area contributed by atoms with E-state index >= 15 is 0 Å². The molecule has 0 heterocycles. The van der Waals surface area contributed by atoms with Gasteiger partial charge in [-0.05, 0) is 51.0 Å². The lowest BCUT2D eigenvalue weighted by Crippen LogP contribution is -2.61. The van der Waals surface area contributed by atoms with Crippen LogP contribution in [0.3, 0.4) is 0 Å². The Bertz CT molecular complexity index is 239. The molecule has 0 bridgehead atoms. The minimum atomic E-state index is 0.232. The van der Waals surface area contributed by atoms with E-state index in [0.717, 1.165) is 12.5 Å². The van der Waals surface area contributed by atoms with Gasteiger partial charge in [0.15, 0.2) is 0 Å². The Hall–Kier alpha value is -0.0800. The zero-order chi connectivity index (χ0) is 13.2. The molecule has 102 valence electrons. The van der Waals surface area contributed by atoms with Crippen LogP contribution in [0.4, 0.5) is 0 Å². The van der Waals surface area contributed by atoms with Crippen LogP contribution in [0, 0.1) is 17.8 Å². The van der Waals surface area contributed by atoms with Crippen LogP contribution in [-0.4, -0.2) is 30.1 Å². The first-order valence-electron chi connectivity index (χ1n) is 7.28. The van der Waals surface area contributed by atoms with E-state index in [-0.39, 0.29) is 5.54 Å². The summed E-state index contributed by atoms with van der Waals surface area (Å²) in [6, 6.07) is 0.606. The maximum absolute atomic E-state index is 6.17. The molecule has 1 aliphatic carbocycles. The van der Waals surface area contributed by atoms with E-state index in [0.29, 0.717) is 17.9 Å². The molecule has 1 aliphatic rings. The molecule has 0 spiro atoms. The standard InChI is InChI=1S/C15H32N2/c1-11(2)14(5)17(6)15(10-16)8-7-12(3)9-13(15)4/h11-14H,7-10,16H2,1-6H3. The largest absolute Gasteiger partial charge is 0.329 e. The van der Waals surface area contributed by atoms with Gasteiger partial charge >= 0.3 is 0 Å². The molecule has 0 saturated heterocycles. The number of hydrogen-bond donors (Lipinski definition) is 1. The van der Waals surface area contributed by atoms with E-state index in [1.807, 2.05) is 0 Å². The number of nitrogens with zero attached hydrogens (tertiary/aromatic N) is 1. The molecule has 1 fully saturated rings. The van der Waals surface area contributed by atoms with E-state index in [4.69, 9.17) is 5.73 Å². The van der Waals surface area contributed by atoms with E-state index in [9.17, 15) is 0 Å². The normalized spacial score (nSPS) is 36.5. The summed E-state index contributed by atoms with van der Waals surface area (Å²) in [4.78, 5) is 2.58. The van der Waals surface area contributed by atoms with Crippen molar-refractivity contribution >= 4 is 0 Å². The van der Waals surface area contributed by atoms with Gasteiger partial charge in [0.25, 0.3) is 0 Å². The maximum atomic E-state index is 6.17. The van der Waals surface area contributed by atoms with Crippen LogP contribution in [0.1, 0.15) is 53.9 Å². The summed E-state index contributed by atoms with van der Waals surface area (Å²) in [6.45, 7) is 12.5. The summed E-state index contributed by atoms with van der Waals surface area (Å²) in [5.41, 5.74) is 6.40. The molecule has 2 heteroatoms. The maximum Gasteiger partial charge on any atom is 0.0357 e. The predicted molar refractivity (Wildman–Crippen MR) is 76.0 cm³/mol. The number of rotatable bonds is 4. The lowest BCUT2D eigenvalue weighted by molar-refractivity contribution is -0.0170. The van der Waals surface area contributed by atoms with Crippen molar-refractivity contribution in [1.29, 1.82) is 0 Å². The van der Waals surface area contributed by atoms with Crippen molar-refractivity contribution in [1.82, 2.24) is 4.90 Å². The molecule has 2 N–H and O–H groups in total. The number of likely N-dealkylation sites (N-methyl/N-ethyl adjacent to an activating group) is 1. The fraction of sp³-hybridized carbons (Fsp3) is 1.00. The quantitative estimate of drug-likeness (QED) is 0.818. The minimum Gasteiger partial charge on any atom is -0.329 e. The Morgan fingerprint density at radius 2 is 1.88 bits per heavy atom. The second-order valence-corrected chi connectivity index (χ2v) is 6.68. The van der Waals surface area contributed by atoms with Crippen molar-refractivity contribution in [3.63, 3.8) is 0 Å². The van der Waals surface area contributed by atoms with Gasteiger partial charge in [0.1, 0.15) is 0 Å². The minimum absolute atomic E-state index is 0.232. The SMILES string of the molecule is CC1CCC(CN)(N(C)C(C)C(C)C)C(C)C1. The van der Waals surface area contributed by atoms with Gasteiger partial charge < -0.3 is 5.73 Å². The molecule has 0 radical (unpaired) electrons. The third kappa shape index (κ3) is 2.85. The Morgan fingerprint density at radius 3 is 2.29 bits per heavy atom. The van der Waals surface area contributed by atoms with Crippen molar-refractivity contribution in [2.75, 3.05) is 13.6 Å². The first kappa shape index (κ1) is 15.0. The van der Waals surface area contributed by atoms with E-state index in [1.165, 1.54) is 19.3 Å². The fourth-order valence-corrected chi connectivity index (χ4v) is 3.51.